The molecule has 11 nitrogen and oxygen atoms in total. The van der Waals surface area contributed by atoms with Gasteiger partial charge in [-0.25, -0.2) is 10.9 Å². The molecule has 1 fully saturated rings. The quantitative estimate of drug-likeness (QED) is 0.505. The smallest absolute Gasteiger partial charge is 0.264 e. The predicted molar refractivity (Wildman–Crippen MR) is 129 cm³/mol. The number of hydrazone groups is 1. The second-order valence-corrected chi connectivity index (χ2v) is 8.73. The summed E-state index contributed by atoms with van der Waals surface area (Å²) < 4.78 is 21.6. The molecule has 1 aromatic heterocycles. The van der Waals surface area contributed by atoms with Gasteiger partial charge in [-0.15, -0.1) is 5.10 Å². The van der Waals surface area contributed by atoms with E-state index in [9.17, 15) is 4.79 Å². The number of aromatic nitrogens is 2. The molecule has 35 heavy (non-hydrogen) atoms. The maximum absolute atomic E-state index is 12.5. The number of carbonyl (C=O) groups is 1. The van der Waals surface area contributed by atoms with Gasteiger partial charge in [-0.3, -0.25) is 9.80 Å². The third-order valence-electron chi connectivity index (χ3n) is 5.79. The molecule has 1 saturated heterocycles. The highest BCUT2D eigenvalue weighted by Gasteiger charge is 2.42. The van der Waals surface area contributed by atoms with Crippen molar-refractivity contribution in [3.05, 3.63) is 53.9 Å². The van der Waals surface area contributed by atoms with Crippen LogP contribution in [0, 0.1) is 0 Å². The lowest BCUT2D eigenvalue weighted by molar-refractivity contribution is -0.125. The standard InChI is InChI=1S/C23H24N6O5S/c1-31-17-7-5-4-6-14(17)21-24-20(34-28-21)12-35-23-26-25-22(30)16-11-15(27-29(16)23)13-8-9-18(32-2)19(10-13)33-3/h4-10,15-16,27H,11-12H2,1-3H3,(H,25,30). The van der Waals surface area contributed by atoms with Crippen LogP contribution in [0.2, 0.25) is 0 Å². The molecule has 0 bridgehead atoms. The van der Waals surface area contributed by atoms with Crippen molar-refractivity contribution in [1.29, 1.82) is 0 Å². The van der Waals surface area contributed by atoms with Crippen LogP contribution in [-0.2, 0) is 10.5 Å². The third-order valence-corrected chi connectivity index (χ3v) is 6.72. The zero-order chi connectivity index (χ0) is 24.4. The van der Waals surface area contributed by atoms with Crippen molar-refractivity contribution >= 4 is 22.8 Å². The van der Waals surface area contributed by atoms with E-state index < -0.39 is 6.04 Å². The topological polar surface area (TPSA) is 123 Å². The Morgan fingerprint density at radius 1 is 1.09 bits per heavy atom. The van der Waals surface area contributed by atoms with E-state index in [-0.39, 0.29) is 11.9 Å². The molecular formula is C23H24N6O5S. The lowest BCUT2D eigenvalue weighted by Gasteiger charge is -2.29. The number of nitrogens with one attached hydrogen (secondary N) is 2. The van der Waals surface area contributed by atoms with E-state index in [1.807, 2.05) is 42.5 Å². The number of methoxy groups -OCH3 is 3. The minimum Gasteiger partial charge on any atom is -0.496 e. The monoisotopic (exact) mass is 496 g/mol. The largest absolute Gasteiger partial charge is 0.496 e. The number of nitrogens with zero attached hydrogens (tertiary/aromatic N) is 4. The van der Waals surface area contributed by atoms with Gasteiger partial charge in [-0.05, 0) is 36.2 Å². The van der Waals surface area contributed by atoms with Crippen LogP contribution in [0.5, 0.6) is 17.2 Å². The molecule has 182 valence electrons. The van der Waals surface area contributed by atoms with E-state index in [4.69, 9.17) is 18.7 Å². The number of rotatable bonds is 7. The maximum atomic E-state index is 12.5. The normalized spacial score (nSPS) is 19.1. The van der Waals surface area contributed by atoms with Crippen molar-refractivity contribution in [1.82, 2.24) is 26.0 Å². The molecule has 2 aromatic carbocycles. The first-order valence-corrected chi connectivity index (χ1v) is 11.8. The second-order valence-electron chi connectivity index (χ2n) is 7.79. The first-order valence-electron chi connectivity index (χ1n) is 10.8. The van der Waals surface area contributed by atoms with Crippen LogP contribution < -0.4 is 25.1 Å². The summed E-state index contributed by atoms with van der Waals surface area (Å²) in [7, 11) is 4.79. The first kappa shape index (κ1) is 23.0. The van der Waals surface area contributed by atoms with Gasteiger partial charge >= 0.3 is 0 Å². The van der Waals surface area contributed by atoms with E-state index in [0.29, 0.717) is 46.3 Å². The lowest BCUT2D eigenvalue weighted by atomic mass is 10.0. The maximum Gasteiger partial charge on any atom is 0.264 e. The summed E-state index contributed by atoms with van der Waals surface area (Å²) in [5.41, 5.74) is 7.75. The fraction of sp³-hybridized carbons (Fsp3) is 0.304. The molecule has 0 saturated carbocycles. The lowest BCUT2D eigenvalue weighted by Crippen LogP contribution is -2.52. The van der Waals surface area contributed by atoms with E-state index in [1.54, 1.807) is 26.3 Å². The molecule has 0 spiro atoms. The molecule has 0 aliphatic carbocycles. The average molecular weight is 497 g/mol. The van der Waals surface area contributed by atoms with Crippen LogP contribution in [0.4, 0.5) is 0 Å². The van der Waals surface area contributed by atoms with Crippen LogP contribution in [0.1, 0.15) is 23.9 Å². The van der Waals surface area contributed by atoms with E-state index in [0.717, 1.165) is 11.1 Å². The number of benzene rings is 2. The highest BCUT2D eigenvalue weighted by atomic mass is 32.2. The molecule has 2 unspecified atom stereocenters. The van der Waals surface area contributed by atoms with Crippen molar-refractivity contribution in [2.45, 2.75) is 24.3 Å². The van der Waals surface area contributed by atoms with Crippen LogP contribution >= 0.6 is 11.8 Å². The molecule has 12 heteroatoms. The molecule has 3 heterocycles. The Morgan fingerprint density at radius 3 is 2.69 bits per heavy atom. The molecule has 3 aromatic rings. The summed E-state index contributed by atoms with van der Waals surface area (Å²) in [5.74, 6) is 3.03. The van der Waals surface area contributed by atoms with Gasteiger partial charge in [-0.1, -0.05) is 35.1 Å². The number of thioether (sulfide) groups is 1. The van der Waals surface area contributed by atoms with E-state index in [1.165, 1.54) is 11.8 Å². The van der Waals surface area contributed by atoms with Crippen molar-refractivity contribution in [3.8, 4) is 28.6 Å². The van der Waals surface area contributed by atoms with E-state index >= 15 is 0 Å². The van der Waals surface area contributed by atoms with Crippen LogP contribution in [0.25, 0.3) is 11.4 Å². The molecule has 2 aliphatic rings. The summed E-state index contributed by atoms with van der Waals surface area (Å²) >= 11 is 1.38. The molecule has 2 atom stereocenters. The minimum absolute atomic E-state index is 0.102. The number of hydrogen-bond donors (Lipinski definition) is 2. The summed E-state index contributed by atoms with van der Waals surface area (Å²) in [4.78, 5) is 17.0. The fourth-order valence-electron chi connectivity index (χ4n) is 4.04. The summed E-state index contributed by atoms with van der Waals surface area (Å²) in [6.07, 6.45) is 0.569. The molecule has 2 aliphatic heterocycles. The summed E-state index contributed by atoms with van der Waals surface area (Å²) in [5, 5.41) is 10.7. The van der Waals surface area contributed by atoms with Gasteiger partial charge < -0.3 is 18.7 Å². The third kappa shape index (κ3) is 4.49. The average Bonchev–Trinajstić information content (AvgIpc) is 3.56. The van der Waals surface area contributed by atoms with Gasteiger partial charge in [0.25, 0.3) is 5.91 Å². The number of amides is 1. The van der Waals surface area contributed by atoms with Gasteiger partial charge in [0, 0.05) is 0 Å². The molecule has 1 amide bonds. The SMILES string of the molecule is COc1ccc(C2CC3C(=O)NN=C(SCc4nc(-c5ccccc5OC)no4)N3N2)cc1OC. The molecule has 2 N–H and O–H groups in total. The Bertz CT molecular complexity index is 1260. The Labute approximate surface area is 205 Å². The zero-order valence-electron chi connectivity index (χ0n) is 19.3. The Hall–Kier alpha value is -3.77. The van der Waals surface area contributed by atoms with Crippen LogP contribution in [0.3, 0.4) is 0 Å². The van der Waals surface area contributed by atoms with Gasteiger partial charge in [0.15, 0.2) is 16.7 Å². The van der Waals surface area contributed by atoms with Gasteiger partial charge in [0.05, 0.1) is 38.7 Å². The number of amidine groups is 1. The van der Waals surface area contributed by atoms with Crippen LogP contribution in [-0.4, -0.2) is 53.6 Å². The number of fused-ring (bicyclic) bond motifs is 1. The van der Waals surface area contributed by atoms with Crippen molar-refractivity contribution in [2.24, 2.45) is 5.10 Å². The zero-order valence-corrected chi connectivity index (χ0v) is 20.2. The van der Waals surface area contributed by atoms with Gasteiger partial charge in [-0.2, -0.15) is 4.98 Å². The fourth-order valence-corrected chi connectivity index (χ4v) is 4.84. The number of hydrogen-bond acceptors (Lipinski definition) is 11. The highest BCUT2D eigenvalue weighted by Crippen LogP contribution is 2.36. The number of para-hydroxylation sites is 1. The van der Waals surface area contributed by atoms with E-state index in [2.05, 4.69) is 26.1 Å². The molecule has 0 radical (unpaired) electrons. The van der Waals surface area contributed by atoms with Gasteiger partial charge in [0.2, 0.25) is 11.7 Å². The Balaban J connectivity index is 1.29. The summed E-state index contributed by atoms with van der Waals surface area (Å²) in [6.45, 7) is 0. The van der Waals surface area contributed by atoms with Crippen molar-refractivity contribution < 1.29 is 23.5 Å². The highest BCUT2D eigenvalue weighted by molar-refractivity contribution is 8.13. The predicted octanol–water partition coefficient (Wildman–Crippen LogP) is 2.72. The van der Waals surface area contributed by atoms with Crippen molar-refractivity contribution in [2.75, 3.05) is 21.3 Å². The van der Waals surface area contributed by atoms with Gasteiger partial charge in [0.1, 0.15) is 11.8 Å². The van der Waals surface area contributed by atoms with Crippen LogP contribution in [0.15, 0.2) is 52.1 Å². The summed E-state index contributed by atoms with van der Waals surface area (Å²) in [6, 6.07) is 12.7. The Kier molecular flexibility index (Phi) is 6.47. The Morgan fingerprint density at radius 2 is 1.89 bits per heavy atom. The number of ether oxygens (including phenoxy) is 3. The number of hydrazine groups is 1. The number of carbonyl (C=O) groups excluding carboxylic acids is 1. The second kappa shape index (κ2) is 9.84. The minimum atomic E-state index is -0.403. The molecular weight excluding hydrogens is 472 g/mol. The van der Waals surface area contributed by atoms with Crippen molar-refractivity contribution in [3.63, 3.8) is 0 Å². The molecule has 5 rings (SSSR count). The first-order chi connectivity index (χ1) is 17.1.